The van der Waals surface area contributed by atoms with E-state index >= 15 is 0 Å². The topological polar surface area (TPSA) is 35.5 Å². The Labute approximate surface area is 100 Å². The molecule has 0 spiro atoms. The highest BCUT2D eigenvalue weighted by atomic mass is 35.5. The van der Waals surface area contributed by atoms with Crippen LogP contribution >= 0.6 is 11.6 Å². The molecule has 0 saturated carbocycles. The molecule has 3 nitrogen and oxygen atoms in total. The van der Waals surface area contributed by atoms with Crippen LogP contribution in [0.1, 0.15) is 17.9 Å². The van der Waals surface area contributed by atoms with E-state index in [0.29, 0.717) is 13.2 Å². The SMILES string of the molecule is CCOCCOC(=O)C(Cl)c1ccccc1. The van der Waals surface area contributed by atoms with Crippen molar-refractivity contribution in [3.05, 3.63) is 35.9 Å². The van der Waals surface area contributed by atoms with Crippen molar-refractivity contribution in [3.8, 4) is 0 Å². The van der Waals surface area contributed by atoms with Gasteiger partial charge in [-0.2, -0.15) is 0 Å². The first kappa shape index (κ1) is 13.0. The Bertz CT molecular complexity index is 313. The fraction of sp³-hybridized carbons (Fsp3) is 0.417. The molecule has 0 amide bonds. The number of halogens is 1. The van der Waals surface area contributed by atoms with Crippen molar-refractivity contribution >= 4 is 17.6 Å². The van der Waals surface area contributed by atoms with E-state index in [1.165, 1.54) is 0 Å². The van der Waals surface area contributed by atoms with Crippen molar-refractivity contribution in [3.63, 3.8) is 0 Å². The average Bonchev–Trinajstić information content (AvgIpc) is 2.34. The number of carbonyl (C=O) groups is 1. The molecule has 0 N–H and O–H groups in total. The summed E-state index contributed by atoms with van der Waals surface area (Å²) in [5, 5.41) is -0.747. The molecule has 1 rings (SSSR count). The summed E-state index contributed by atoms with van der Waals surface area (Å²) < 4.78 is 10.0. The second kappa shape index (κ2) is 7.25. The summed E-state index contributed by atoms with van der Waals surface area (Å²) in [4.78, 5) is 11.5. The van der Waals surface area contributed by atoms with Gasteiger partial charge < -0.3 is 9.47 Å². The molecular weight excluding hydrogens is 228 g/mol. The number of hydrogen-bond donors (Lipinski definition) is 0. The molecule has 0 aliphatic rings. The van der Waals surface area contributed by atoms with Crippen LogP contribution in [0.25, 0.3) is 0 Å². The molecule has 1 aromatic carbocycles. The standard InChI is InChI=1S/C12H15ClO3/c1-2-15-8-9-16-12(14)11(13)10-6-4-3-5-7-10/h3-7,11H,2,8-9H2,1H3. The third-order valence-electron chi connectivity index (χ3n) is 1.98. The zero-order valence-electron chi connectivity index (χ0n) is 9.19. The lowest BCUT2D eigenvalue weighted by atomic mass is 10.1. The van der Waals surface area contributed by atoms with Crippen LogP contribution in [-0.2, 0) is 14.3 Å². The summed E-state index contributed by atoms with van der Waals surface area (Å²) in [7, 11) is 0. The average molecular weight is 243 g/mol. The lowest BCUT2D eigenvalue weighted by molar-refractivity contribution is -0.144. The number of rotatable bonds is 6. The highest BCUT2D eigenvalue weighted by Crippen LogP contribution is 2.21. The van der Waals surface area contributed by atoms with Gasteiger partial charge in [0.15, 0.2) is 5.38 Å². The molecule has 16 heavy (non-hydrogen) atoms. The van der Waals surface area contributed by atoms with Crippen LogP contribution in [0.15, 0.2) is 30.3 Å². The van der Waals surface area contributed by atoms with Gasteiger partial charge in [0.25, 0.3) is 0 Å². The van der Waals surface area contributed by atoms with Crippen LogP contribution in [0, 0.1) is 0 Å². The second-order valence-electron chi connectivity index (χ2n) is 3.14. The van der Waals surface area contributed by atoms with E-state index in [1.54, 1.807) is 12.1 Å². The van der Waals surface area contributed by atoms with Crippen molar-refractivity contribution in [2.45, 2.75) is 12.3 Å². The molecule has 1 aromatic rings. The predicted octanol–water partition coefficient (Wildman–Crippen LogP) is 2.55. The number of carbonyl (C=O) groups excluding carboxylic acids is 1. The summed E-state index contributed by atoms with van der Waals surface area (Å²) in [6.07, 6.45) is 0. The first-order valence-electron chi connectivity index (χ1n) is 5.19. The predicted molar refractivity (Wildman–Crippen MR) is 62.5 cm³/mol. The Morgan fingerprint density at radius 2 is 2.00 bits per heavy atom. The molecule has 0 fully saturated rings. The highest BCUT2D eigenvalue weighted by Gasteiger charge is 2.18. The maximum absolute atomic E-state index is 11.5. The van der Waals surface area contributed by atoms with Gasteiger partial charge in [-0.15, -0.1) is 11.6 Å². The summed E-state index contributed by atoms with van der Waals surface area (Å²) in [5.74, 6) is -0.437. The number of alkyl halides is 1. The minimum Gasteiger partial charge on any atom is -0.462 e. The quantitative estimate of drug-likeness (QED) is 0.437. The molecule has 88 valence electrons. The van der Waals surface area contributed by atoms with E-state index in [9.17, 15) is 4.79 Å². The second-order valence-corrected chi connectivity index (χ2v) is 3.57. The van der Waals surface area contributed by atoms with E-state index in [0.717, 1.165) is 5.56 Å². The first-order valence-corrected chi connectivity index (χ1v) is 5.62. The summed E-state index contributed by atoms with van der Waals surface area (Å²) in [6, 6.07) is 9.12. The van der Waals surface area contributed by atoms with Gasteiger partial charge in [0.05, 0.1) is 6.61 Å². The van der Waals surface area contributed by atoms with Gasteiger partial charge in [0.2, 0.25) is 0 Å². The summed E-state index contributed by atoms with van der Waals surface area (Å²) in [5.41, 5.74) is 0.741. The van der Waals surface area contributed by atoms with Crippen LogP contribution in [-0.4, -0.2) is 25.8 Å². The molecule has 0 radical (unpaired) electrons. The molecular formula is C12H15ClO3. The lowest BCUT2D eigenvalue weighted by Crippen LogP contribution is -2.14. The lowest BCUT2D eigenvalue weighted by Gasteiger charge is -2.09. The number of esters is 1. The van der Waals surface area contributed by atoms with Gasteiger partial charge >= 0.3 is 5.97 Å². The van der Waals surface area contributed by atoms with Gasteiger partial charge in [-0.3, -0.25) is 4.79 Å². The van der Waals surface area contributed by atoms with E-state index in [1.807, 2.05) is 25.1 Å². The van der Waals surface area contributed by atoms with E-state index in [4.69, 9.17) is 21.1 Å². The summed E-state index contributed by atoms with van der Waals surface area (Å²) in [6.45, 7) is 3.14. The maximum Gasteiger partial charge on any atom is 0.328 e. The van der Waals surface area contributed by atoms with Crippen LogP contribution in [0.5, 0.6) is 0 Å². The van der Waals surface area contributed by atoms with Crippen molar-refractivity contribution in [2.24, 2.45) is 0 Å². The van der Waals surface area contributed by atoms with Crippen molar-refractivity contribution in [1.82, 2.24) is 0 Å². The molecule has 0 aliphatic carbocycles. The van der Waals surface area contributed by atoms with Crippen LogP contribution in [0.2, 0.25) is 0 Å². The largest absolute Gasteiger partial charge is 0.462 e. The van der Waals surface area contributed by atoms with E-state index in [2.05, 4.69) is 0 Å². The zero-order chi connectivity index (χ0) is 11.8. The van der Waals surface area contributed by atoms with Crippen LogP contribution < -0.4 is 0 Å². The fourth-order valence-corrected chi connectivity index (χ4v) is 1.39. The van der Waals surface area contributed by atoms with E-state index < -0.39 is 11.3 Å². The third kappa shape index (κ3) is 4.21. The minimum atomic E-state index is -0.747. The molecule has 0 saturated heterocycles. The Balaban J connectivity index is 2.37. The minimum absolute atomic E-state index is 0.239. The van der Waals surface area contributed by atoms with Gasteiger partial charge in [0, 0.05) is 6.61 Å². The molecule has 0 aromatic heterocycles. The van der Waals surface area contributed by atoms with Crippen LogP contribution in [0.3, 0.4) is 0 Å². The molecule has 0 aliphatic heterocycles. The van der Waals surface area contributed by atoms with E-state index in [-0.39, 0.29) is 6.61 Å². The van der Waals surface area contributed by atoms with Crippen molar-refractivity contribution < 1.29 is 14.3 Å². The van der Waals surface area contributed by atoms with Gasteiger partial charge in [-0.25, -0.2) is 0 Å². The number of hydrogen-bond acceptors (Lipinski definition) is 3. The fourth-order valence-electron chi connectivity index (χ4n) is 1.18. The Morgan fingerprint density at radius 3 is 2.62 bits per heavy atom. The van der Waals surface area contributed by atoms with Gasteiger partial charge in [-0.1, -0.05) is 30.3 Å². The molecule has 1 unspecified atom stereocenters. The molecule has 1 atom stereocenters. The molecule has 0 heterocycles. The first-order chi connectivity index (χ1) is 7.75. The van der Waals surface area contributed by atoms with Crippen LogP contribution in [0.4, 0.5) is 0 Å². The van der Waals surface area contributed by atoms with Crippen molar-refractivity contribution in [2.75, 3.05) is 19.8 Å². The Kier molecular flexibility index (Phi) is 5.90. The molecule has 4 heteroatoms. The maximum atomic E-state index is 11.5. The monoisotopic (exact) mass is 242 g/mol. The van der Waals surface area contributed by atoms with Crippen molar-refractivity contribution in [1.29, 1.82) is 0 Å². The summed E-state index contributed by atoms with van der Waals surface area (Å²) >= 11 is 5.95. The van der Waals surface area contributed by atoms with Gasteiger partial charge in [-0.05, 0) is 12.5 Å². The molecule has 0 bridgehead atoms. The highest BCUT2D eigenvalue weighted by molar-refractivity contribution is 6.29. The number of ether oxygens (including phenoxy) is 2. The Morgan fingerprint density at radius 1 is 1.31 bits per heavy atom. The number of benzene rings is 1. The zero-order valence-corrected chi connectivity index (χ0v) is 9.94. The normalized spacial score (nSPS) is 12.1. The smallest absolute Gasteiger partial charge is 0.328 e. The van der Waals surface area contributed by atoms with Gasteiger partial charge in [0.1, 0.15) is 6.61 Å². The Hall–Kier alpha value is -1.06. The third-order valence-corrected chi connectivity index (χ3v) is 2.41.